The number of rotatable bonds is 9. The van der Waals surface area contributed by atoms with Gasteiger partial charge >= 0.3 is 0 Å². The Balaban J connectivity index is 1.85. The molecule has 0 fully saturated rings. The maximum atomic E-state index is 12.9. The Morgan fingerprint density at radius 3 is 2.72 bits per heavy atom. The molecule has 1 amide bonds. The van der Waals surface area contributed by atoms with Gasteiger partial charge in [-0.2, -0.15) is 11.8 Å². The van der Waals surface area contributed by atoms with Crippen molar-refractivity contribution in [2.24, 2.45) is 0 Å². The molecular formula is C24H22N4O3S. The number of H-pyrrole nitrogens is 1. The number of Topliss-reactive ketones (excluding diaryl/α,β-unsaturated/α-hetero) is 1. The molecule has 8 heteroatoms. The Bertz CT molecular complexity index is 1140. The number of imidazole rings is 1. The van der Waals surface area contributed by atoms with Gasteiger partial charge in [0.05, 0.1) is 18.6 Å². The van der Waals surface area contributed by atoms with Crippen LogP contribution in [0, 0.1) is 11.8 Å². The van der Waals surface area contributed by atoms with E-state index in [1.54, 1.807) is 30.0 Å². The van der Waals surface area contributed by atoms with Crippen molar-refractivity contribution in [3.63, 3.8) is 0 Å². The highest BCUT2D eigenvalue weighted by molar-refractivity contribution is 7.98. The van der Waals surface area contributed by atoms with Crippen LogP contribution in [-0.2, 0) is 4.79 Å². The second-order valence-corrected chi connectivity index (χ2v) is 7.78. The van der Waals surface area contributed by atoms with E-state index in [4.69, 9.17) is 0 Å². The zero-order valence-electron chi connectivity index (χ0n) is 17.4. The normalized spacial score (nSPS) is 11.2. The number of aromatic nitrogens is 2. The molecule has 0 radical (unpaired) electrons. The van der Waals surface area contributed by atoms with E-state index in [0.717, 1.165) is 17.6 Å². The van der Waals surface area contributed by atoms with Gasteiger partial charge in [-0.25, -0.2) is 10.4 Å². The molecule has 1 heterocycles. The number of hydrazine groups is 1. The van der Waals surface area contributed by atoms with Gasteiger partial charge < -0.3 is 9.78 Å². The summed E-state index contributed by atoms with van der Waals surface area (Å²) < 4.78 is 0. The number of nitrogens with zero attached hydrogens (tertiary/aromatic N) is 1. The minimum atomic E-state index is -0.467. The fraction of sp³-hybridized carbons (Fsp3) is 0.167. The Hall–Kier alpha value is -3.67. The molecule has 0 aliphatic rings. The Kier molecular flexibility index (Phi) is 8.37. The van der Waals surface area contributed by atoms with Gasteiger partial charge in [0.1, 0.15) is 12.0 Å². The molecule has 1 aromatic heterocycles. The van der Waals surface area contributed by atoms with Gasteiger partial charge in [-0.3, -0.25) is 15.0 Å². The topological polar surface area (TPSA) is 104 Å². The first kappa shape index (κ1) is 23.0. The zero-order valence-corrected chi connectivity index (χ0v) is 18.2. The van der Waals surface area contributed by atoms with Crippen LogP contribution in [0.3, 0.4) is 0 Å². The summed E-state index contributed by atoms with van der Waals surface area (Å²) in [6.45, 7) is 0. The molecule has 1 unspecified atom stereocenters. The van der Waals surface area contributed by atoms with Crippen LogP contribution in [0.5, 0.6) is 0 Å². The van der Waals surface area contributed by atoms with E-state index >= 15 is 0 Å². The number of thioether (sulfide) groups is 1. The fourth-order valence-corrected chi connectivity index (χ4v) is 3.39. The number of carbonyl (C=O) groups is 3. The summed E-state index contributed by atoms with van der Waals surface area (Å²) in [5.74, 6) is 5.49. The number of benzene rings is 2. The summed E-state index contributed by atoms with van der Waals surface area (Å²) in [6.07, 6.45) is 6.18. The lowest BCUT2D eigenvalue weighted by molar-refractivity contribution is -0.109. The van der Waals surface area contributed by atoms with Gasteiger partial charge in [0, 0.05) is 11.1 Å². The van der Waals surface area contributed by atoms with Crippen LogP contribution in [0.25, 0.3) is 11.1 Å². The highest BCUT2D eigenvalue weighted by Gasteiger charge is 2.15. The first-order chi connectivity index (χ1) is 15.6. The molecule has 2 aromatic carbocycles. The number of carbonyl (C=O) groups excluding carboxylic acids is 3. The molecule has 0 saturated heterocycles. The fourth-order valence-electron chi connectivity index (χ4n) is 2.90. The van der Waals surface area contributed by atoms with E-state index in [1.807, 2.05) is 36.6 Å². The van der Waals surface area contributed by atoms with Crippen LogP contribution < -0.4 is 10.9 Å². The van der Waals surface area contributed by atoms with Crippen LogP contribution >= 0.6 is 11.8 Å². The maximum Gasteiger partial charge on any atom is 0.266 e. The lowest BCUT2D eigenvalue weighted by Gasteiger charge is -2.15. The third-order valence-corrected chi connectivity index (χ3v) is 5.22. The smallest absolute Gasteiger partial charge is 0.266 e. The second-order valence-electron chi connectivity index (χ2n) is 6.79. The molecule has 0 bridgehead atoms. The lowest BCUT2D eigenvalue weighted by atomic mass is 9.97. The van der Waals surface area contributed by atoms with Crippen molar-refractivity contribution < 1.29 is 14.4 Å². The van der Waals surface area contributed by atoms with Crippen LogP contribution in [-0.4, -0.2) is 46.0 Å². The standard InChI is InChI=1S/C24H22N4O3S/c1-32-12-11-19(15-29)27-28-24(31)20-9-7-17(8-10-23(30)22-14-25-16-26-22)13-21(20)18-5-3-2-4-6-18/h2-7,9,13-16,19,27H,11-12H2,1H3,(H,25,26)(H,28,31). The summed E-state index contributed by atoms with van der Waals surface area (Å²) in [4.78, 5) is 42.8. The maximum absolute atomic E-state index is 12.9. The number of ketones is 1. The molecule has 3 rings (SSSR count). The third kappa shape index (κ3) is 6.17. The van der Waals surface area contributed by atoms with E-state index in [1.165, 1.54) is 12.5 Å². The van der Waals surface area contributed by atoms with E-state index in [2.05, 4.69) is 32.7 Å². The minimum absolute atomic E-state index is 0.314. The van der Waals surface area contributed by atoms with Gasteiger partial charge in [-0.05, 0) is 53.7 Å². The van der Waals surface area contributed by atoms with Crippen molar-refractivity contribution in [2.45, 2.75) is 12.5 Å². The van der Waals surface area contributed by atoms with Crippen LogP contribution in [0.4, 0.5) is 0 Å². The molecule has 3 aromatic rings. The van der Waals surface area contributed by atoms with Crippen LogP contribution in [0.2, 0.25) is 0 Å². The molecule has 0 aliphatic heterocycles. The SMILES string of the molecule is CSCCC(C=O)NNC(=O)c1ccc(C#CC(=O)c2cnc[nH]2)cc1-c1ccccc1. The third-order valence-electron chi connectivity index (χ3n) is 4.58. The van der Waals surface area contributed by atoms with Gasteiger partial charge in [0.2, 0.25) is 0 Å². The molecule has 1 atom stereocenters. The van der Waals surface area contributed by atoms with Crippen molar-refractivity contribution in [3.8, 4) is 23.0 Å². The summed E-state index contributed by atoms with van der Waals surface area (Å²) in [7, 11) is 0. The van der Waals surface area contributed by atoms with E-state index in [9.17, 15) is 14.4 Å². The minimum Gasteiger partial charge on any atom is -0.341 e. The number of nitrogens with one attached hydrogen (secondary N) is 3. The number of hydrogen-bond acceptors (Lipinski definition) is 6. The zero-order chi connectivity index (χ0) is 22.8. The number of aldehydes is 1. The summed E-state index contributed by atoms with van der Waals surface area (Å²) in [5.41, 5.74) is 8.23. The van der Waals surface area contributed by atoms with Crippen LogP contribution in [0.15, 0.2) is 61.1 Å². The van der Waals surface area contributed by atoms with Crippen LogP contribution in [0.1, 0.15) is 32.8 Å². The summed E-state index contributed by atoms with van der Waals surface area (Å²) in [6, 6.07) is 14.0. The molecule has 7 nitrogen and oxygen atoms in total. The molecule has 0 saturated carbocycles. The Morgan fingerprint density at radius 2 is 2.03 bits per heavy atom. The average Bonchev–Trinajstić information content (AvgIpc) is 3.38. The quantitative estimate of drug-likeness (QED) is 0.202. The highest BCUT2D eigenvalue weighted by Crippen LogP contribution is 2.25. The first-order valence-electron chi connectivity index (χ1n) is 9.86. The second kappa shape index (κ2) is 11.6. The largest absolute Gasteiger partial charge is 0.341 e. The number of aromatic amines is 1. The van der Waals surface area contributed by atoms with Crippen molar-refractivity contribution in [1.82, 2.24) is 20.8 Å². The monoisotopic (exact) mass is 446 g/mol. The molecule has 0 aliphatic carbocycles. The van der Waals surface area contributed by atoms with E-state index in [-0.39, 0.29) is 11.7 Å². The molecule has 162 valence electrons. The number of amides is 1. The highest BCUT2D eigenvalue weighted by atomic mass is 32.2. The van der Waals surface area contributed by atoms with Gasteiger partial charge in [-0.1, -0.05) is 36.3 Å². The number of hydrogen-bond donors (Lipinski definition) is 3. The van der Waals surface area contributed by atoms with Gasteiger partial charge in [0.15, 0.2) is 0 Å². The lowest BCUT2D eigenvalue weighted by Crippen LogP contribution is -2.45. The molecule has 3 N–H and O–H groups in total. The summed E-state index contributed by atoms with van der Waals surface area (Å²) in [5, 5.41) is 0. The van der Waals surface area contributed by atoms with E-state index < -0.39 is 6.04 Å². The van der Waals surface area contributed by atoms with Crippen molar-refractivity contribution in [1.29, 1.82) is 0 Å². The van der Waals surface area contributed by atoms with Gasteiger partial charge in [-0.15, -0.1) is 0 Å². The Morgan fingerprint density at radius 1 is 1.22 bits per heavy atom. The average molecular weight is 447 g/mol. The first-order valence-corrected chi connectivity index (χ1v) is 11.3. The van der Waals surface area contributed by atoms with E-state index in [0.29, 0.717) is 28.8 Å². The van der Waals surface area contributed by atoms with Crippen molar-refractivity contribution >= 4 is 29.7 Å². The van der Waals surface area contributed by atoms with Crippen molar-refractivity contribution in [3.05, 3.63) is 77.9 Å². The molecule has 32 heavy (non-hydrogen) atoms. The predicted octanol–water partition coefficient (Wildman–Crippen LogP) is 2.87. The summed E-state index contributed by atoms with van der Waals surface area (Å²) >= 11 is 1.63. The molecular weight excluding hydrogens is 424 g/mol. The predicted molar refractivity (Wildman–Crippen MR) is 125 cm³/mol. The Labute approximate surface area is 190 Å². The van der Waals surface area contributed by atoms with Crippen molar-refractivity contribution in [2.75, 3.05) is 12.0 Å². The molecule has 0 spiro atoms. The van der Waals surface area contributed by atoms with Gasteiger partial charge in [0.25, 0.3) is 11.7 Å².